The van der Waals surface area contributed by atoms with Crippen LogP contribution in [0, 0.1) is 0 Å². The molecule has 3 unspecified atom stereocenters. The first-order valence-corrected chi connectivity index (χ1v) is 34.0. The highest BCUT2D eigenvalue weighted by atomic mass is 31.2. The Morgan fingerprint density at radius 3 is 1.11 bits per heavy atom. The summed E-state index contributed by atoms with van der Waals surface area (Å²) in [5.41, 5.74) is 0. The number of nitrogens with zero attached hydrogens (tertiary/aromatic N) is 1. The normalized spacial score (nSPS) is 13.7. The lowest BCUT2D eigenvalue weighted by Gasteiger charge is -2.30. The SMILES string of the molecule is CCCCCCCCCCCC/C=C/C(OC(=O)CCCCCCCCCCCCCCCCCCC)C(COP(=O)([O-])OCC[N+](C)(C)C)NC(=O)CCCCCCCCCCCCCCCCCCCCC. The van der Waals surface area contributed by atoms with Gasteiger partial charge in [0.15, 0.2) is 0 Å². The fourth-order valence-electron chi connectivity index (χ4n) is 9.94. The number of rotatable bonds is 60. The number of esters is 1. The van der Waals surface area contributed by atoms with Crippen molar-refractivity contribution in [2.75, 3.05) is 40.9 Å². The van der Waals surface area contributed by atoms with Crippen LogP contribution in [-0.2, 0) is 27.9 Å². The number of unbranched alkanes of at least 4 members (excludes halogenated alkanes) is 44. The largest absolute Gasteiger partial charge is 0.756 e. The van der Waals surface area contributed by atoms with Crippen LogP contribution < -0.4 is 10.2 Å². The minimum atomic E-state index is -4.69. The number of carbonyl (C=O) groups excluding carboxylic acids is 2. The van der Waals surface area contributed by atoms with Gasteiger partial charge in [0.25, 0.3) is 7.82 Å². The van der Waals surface area contributed by atoms with E-state index in [-0.39, 0.29) is 31.5 Å². The number of hydrogen-bond donors (Lipinski definition) is 1. The van der Waals surface area contributed by atoms with Crippen molar-refractivity contribution < 1.29 is 37.3 Å². The summed E-state index contributed by atoms with van der Waals surface area (Å²) in [5.74, 6) is -0.517. The second kappa shape index (κ2) is 55.1. The summed E-state index contributed by atoms with van der Waals surface area (Å²) in [6.45, 7) is 6.91. The Balaban J connectivity index is 5.16. The van der Waals surface area contributed by atoms with E-state index in [1.54, 1.807) is 0 Å². The summed E-state index contributed by atoms with van der Waals surface area (Å²) in [5, 5.41) is 3.04. The molecule has 0 spiro atoms. The van der Waals surface area contributed by atoms with Gasteiger partial charge in [-0.2, -0.15) is 0 Å². The molecule has 3 atom stereocenters. The van der Waals surface area contributed by atoms with Gasteiger partial charge in [-0.15, -0.1) is 0 Å². The molecule has 10 heteroatoms. The van der Waals surface area contributed by atoms with Gasteiger partial charge in [-0.1, -0.05) is 303 Å². The third-order valence-electron chi connectivity index (χ3n) is 15.0. The van der Waals surface area contributed by atoms with Crippen LogP contribution in [0.1, 0.15) is 335 Å². The lowest BCUT2D eigenvalue weighted by atomic mass is 10.0. The highest BCUT2D eigenvalue weighted by Crippen LogP contribution is 2.38. The van der Waals surface area contributed by atoms with Gasteiger partial charge in [0, 0.05) is 12.8 Å². The third-order valence-corrected chi connectivity index (χ3v) is 15.9. The van der Waals surface area contributed by atoms with Gasteiger partial charge in [-0.3, -0.25) is 14.2 Å². The van der Waals surface area contributed by atoms with E-state index in [1.165, 1.54) is 244 Å². The second-order valence-corrected chi connectivity index (χ2v) is 25.0. The smallest absolute Gasteiger partial charge is 0.306 e. The van der Waals surface area contributed by atoms with Crippen molar-refractivity contribution in [1.82, 2.24) is 5.32 Å². The zero-order valence-electron chi connectivity index (χ0n) is 50.3. The predicted molar refractivity (Wildman–Crippen MR) is 317 cm³/mol. The molecule has 0 bridgehead atoms. The number of ether oxygens (including phenoxy) is 1. The summed E-state index contributed by atoms with van der Waals surface area (Å²) in [7, 11) is 1.21. The summed E-state index contributed by atoms with van der Waals surface area (Å²) < 4.78 is 30.4. The molecule has 0 aromatic carbocycles. The maximum Gasteiger partial charge on any atom is 0.306 e. The van der Waals surface area contributed by atoms with Gasteiger partial charge in [0.2, 0.25) is 5.91 Å². The van der Waals surface area contributed by atoms with E-state index in [0.717, 1.165) is 57.8 Å². The number of likely N-dealkylation sites (N-methyl/N-ethyl adjacent to an activating group) is 1. The maximum atomic E-state index is 13.5. The van der Waals surface area contributed by atoms with Crippen molar-refractivity contribution in [3.05, 3.63) is 12.2 Å². The molecule has 0 saturated heterocycles. The molecule has 1 amide bonds. The highest BCUT2D eigenvalue weighted by molar-refractivity contribution is 7.45. The average molecular weight is 1070 g/mol. The molecule has 0 aliphatic rings. The van der Waals surface area contributed by atoms with E-state index in [4.69, 9.17) is 13.8 Å². The molecule has 1 N–H and O–H groups in total. The first kappa shape index (κ1) is 72.8. The van der Waals surface area contributed by atoms with Crippen molar-refractivity contribution in [3.8, 4) is 0 Å². The van der Waals surface area contributed by atoms with Crippen LogP contribution in [0.5, 0.6) is 0 Å². The van der Waals surface area contributed by atoms with Crippen molar-refractivity contribution in [1.29, 1.82) is 0 Å². The number of phosphoric ester groups is 1. The molecule has 0 fully saturated rings. The lowest BCUT2D eigenvalue weighted by molar-refractivity contribution is -0.870. The minimum absolute atomic E-state index is 0.0166. The Labute approximate surface area is 461 Å². The Kier molecular flexibility index (Phi) is 54.1. The topological polar surface area (TPSA) is 114 Å². The molecule has 0 aliphatic carbocycles. The van der Waals surface area contributed by atoms with Crippen LogP contribution in [0.3, 0.4) is 0 Å². The van der Waals surface area contributed by atoms with Crippen LogP contribution in [0.25, 0.3) is 0 Å². The van der Waals surface area contributed by atoms with Gasteiger partial charge < -0.3 is 28.5 Å². The Morgan fingerprint density at radius 1 is 0.459 bits per heavy atom. The Morgan fingerprint density at radius 2 is 0.770 bits per heavy atom. The van der Waals surface area contributed by atoms with Gasteiger partial charge in [0.05, 0.1) is 33.8 Å². The molecule has 0 aromatic heterocycles. The van der Waals surface area contributed by atoms with Crippen LogP contribution in [0.15, 0.2) is 12.2 Å². The zero-order valence-corrected chi connectivity index (χ0v) is 51.2. The monoisotopic (exact) mass is 1070 g/mol. The minimum Gasteiger partial charge on any atom is -0.756 e. The quantitative estimate of drug-likeness (QED) is 0.0212. The zero-order chi connectivity index (χ0) is 54.3. The molecular weight excluding hydrogens is 940 g/mol. The average Bonchev–Trinajstić information content (AvgIpc) is 3.36. The number of hydrogen-bond acceptors (Lipinski definition) is 7. The Bertz CT molecular complexity index is 1270. The van der Waals surface area contributed by atoms with Crippen molar-refractivity contribution >= 4 is 19.7 Å². The molecule has 9 nitrogen and oxygen atoms in total. The number of allylic oxidation sites excluding steroid dienone is 1. The van der Waals surface area contributed by atoms with E-state index >= 15 is 0 Å². The number of phosphoric acid groups is 1. The van der Waals surface area contributed by atoms with Crippen molar-refractivity contribution in [3.63, 3.8) is 0 Å². The molecule has 0 aromatic rings. The summed E-state index contributed by atoms with van der Waals surface area (Å²) in [6.07, 6.45) is 63.2. The first-order chi connectivity index (χ1) is 35.9. The van der Waals surface area contributed by atoms with E-state index in [0.29, 0.717) is 17.4 Å². The molecule has 0 rings (SSSR count). The van der Waals surface area contributed by atoms with Crippen LogP contribution >= 0.6 is 7.82 Å². The molecule has 0 radical (unpaired) electrons. The lowest BCUT2D eigenvalue weighted by Crippen LogP contribution is -2.47. The van der Waals surface area contributed by atoms with Crippen molar-refractivity contribution in [2.24, 2.45) is 0 Å². The van der Waals surface area contributed by atoms with Crippen molar-refractivity contribution in [2.45, 2.75) is 348 Å². The van der Waals surface area contributed by atoms with Crippen LogP contribution in [0.4, 0.5) is 0 Å². The molecule has 0 aliphatic heterocycles. The molecule has 440 valence electrons. The fraction of sp³-hybridized carbons (Fsp3) is 0.938. The summed E-state index contributed by atoms with van der Waals surface area (Å²) in [4.78, 5) is 40.0. The van der Waals surface area contributed by atoms with Gasteiger partial charge in [-0.25, -0.2) is 0 Å². The molecule has 74 heavy (non-hydrogen) atoms. The summed E-state index contributed by atoms with van der Waals surface area (Å²) >= 11 is 0. The second-order valence-electron chi connectivity index (χ2n) is 23.6. The number of carbonyl (C=O) groups is 2. The highest BCUT2D eigenvalue weighted by Gasteiger charge is 2.27. The van der Waals surface area contributed by atoms with Crippen LogP contribution in [-0.4, -0.2) is 69.4 Å². The maximum absolute atomic E-state index is 13.5. The Hall–Kier alpha value is -1.25. The standard InChI is InChI=1S/C64H127N2O7P/c1-7-10-13-16-19-22-25-28-30-32-33-35-36-38-41-44-47-50-53-56-63(67)65-61(60-72-74(69,70)71-59-58-66(4,5)6)62(55-52-49-46-43-40-27-24-21-18-15-12-9-3)73-64(68)57-54-51-48-45-42-39-37-34-31-29-26-23-20-17-14-11-8-2/h52,55,61-62H,7-51,53-54,56-60H2,1-6H3,(H-,65,67,69,70)/b55-52+. The van der Waals surface area contributed by atoms with Gasteiger partial charge in [0.1, 0.15) is 19.3 Å². The van der Waals surface area contributed by atoms with Gasteiger partial charge in [-0.05, 0) is 31.8 Å². The number of quaternary nitrogens is 1. The number of amides is 1. The van der Waals surface area contributed by atoms with E-state index in [9.17, 15) is 19.0 Å². The predicted octanol–water partition coefficient (Wildman–Crippen LogP) is 19.3. The summed E-state index contributed by atoms with van der Waals surface area (Å²) in [6, 6.07) is -0.879. The molecule has 0 heterocycles. The fourth-order valence-corrected chi connectivity index (χ4v) is 10.7. The number of nitrogens with one attached hydrogen (secondary N) is 1. The van der Waals surface area contributed by atoms with E-state index in [2.05, 4.69) is 26.1 Å². The van der Waals surface area contributed by atoms with E-state index < -0.39 is 20.0 Å². The first-order valence-electron chi connectivity index (χ1n) is 32.5. The van der Waals surface area contributed by atoms with Gasteiger partial charge >= 0.3 is 5.97 Å². The molecular formula is C64H127N2O7P. The van der Waals surface area contributed by atoms with E-state index in [1.807, 2.05) is 33.3 Å². The van der Waals surface area contributed by atoms with Crippen LogP contribution in [0.2, 0.25) is 0 Å². The third kappa shape index (κ3) is 55.5. The molecule has 0 saturated carbocycles.